The van der Waals surface area contributed by atoms with Gasteiger partial charge >= 0.3 is 0 Å². The minimum Gasteiger partial charge on any atom is -0.207 e. The number of rotatable bonds is 1. The second-order valence-electron chi connectivity index (χ2n) is 2.44. The maximum atomic E-state index is 12.4. The molecule has 0 aliphatic rings. The number of hydrogen-bond acceptors (Lipinski definition) is 0. The van der Waals surface area contributed by atoms with Crippen LogP contribution in [-0.2, 0) is 0 Å². The van der Waals surface area contributed by atoms with Crippen molar-refractivity contribution in [3.05, 3.63) is 35.6 Å². The standard InChI is InChI=1S/C10H9F/c1-3-8(2)9-4-6-10(11)7-5-9/h1,4-8H,2H3/t8-/m0/s1. The minimum absolute atomic E-state index is 0.0654. The molecule has 0 N–H and O–H groups in total. The molecule has 0 aromatic heterocycles. The third kappa shape index (κ3) is 1.81. The first-order valence-corrected chi connectivity index (χ1v) is 3.45. The van der Waals surface area contributed by atoms with Crippen LogP contribution < -0.4 is 0 Å². The van der Waals surface area contributed by atoms with Crippen molar-refractivity contribution >= 4 is 0 Å². The number of hydrogen-bond donors (Lipinski definition) is 0. The summed E-state index contributed by atoms with van der Waals surface area (Å²) in [4.78, 5) is 0. The topological polar surface area (TPSA) is 0 Å². The third-order valence-corrected chi connectivity index (χ3v) is 1.62. The molecule has 0 unspecified atom stereocenters. The Morgan fingerprint density at radius 3 is 2.36 bits per heavy atom. The molecule has 0 aliphatic heterocycles. The predicted molar refractivity (Wildman–Crippen MR) is 43.6 cm³/mol. The lowest BCUT2D eigenvalue weighted by Gasteiger charge is -2.02. The molecule has 0 nitrogen and oxygen atoms in total. The van der Waals surface area contributed by atoms with Crippen LogP contribution in [0.1, 0.15) is 18.4 Å². The molecular weight excluding hydrogens is 139 g/mol. The van der Waals surface area contributed by atoms with Gasteiger partial charge in [-0.25, -0.2) is 4.39 Å². The van der Waals surface area contributed by atoms with Crippen LogP contribution in [0.3, 0.4) is 0 Å². The van der Waals surface area contributed by atoms with E-state index in [1.165, 1.54) is 12.1 Å². The lowest BCUT2D eigenvalue weighted by Crippen LogP contribution is -1.88. The average molecular weight is 148 g/mol. The first-order valence-electron chi connectivity index (χ1n) is 3.45. The van der Waals surface area contributed by atoms with Crippen LogP contribution in [0.2, 0.25) is 0 Å². The fourth-order valence-corrected chi connectivity index (χ4v) is 0.848. The molecule has 1 rings (SSSR count). The van der Waals surface area contributed by atoms with Crippen molar-refractivity contribution in [2.45, 2.75) is 12.8 Å². The van der Waals surface area contributed by atoms with Gasteiger partial charge in [0.1, 0.15) is 5.82 Å². The van der Waals surface area contributed by atoms with E-state index < -0.39 is 0 Å². The Bertz CT molecular complexity index is 266. The molecule has 0 heterocycles. The monoisotopic (exact) mass is 148 g/mol. The first-order chi connectivity index (χ1) is 5.24. The van der Waals surface area contributed by atoms with Crippen LogP contribution in [-0.4, -0.2) is 0 Å². The van der Waals surface area contributed by atoms with E-state index in [0.717, 1.165) is 5.56 Å². The summed E-state index contributed by atoms with van der Waals surface area (Å²) < 4.78 is 12.4. The molecule has 11 heavy (non-hydrogen) atoms. The summed E-state index contributed by atoms with van der Waals surface area (Å²) in [6, 6.07) is 6.26. The smallest absolute Gasteiger partial charge is 0.123 e. The maximum Gasteiger partial charge on any atom is 0.123 e. The van der Waals surface area contributed by atoms with Gasteiger partial charge in [-0.15, -0.1) is 6.42 Å². The maximum absolute atomic E-state index is 12.4. The molecule has 1 heteroatoms. The quantitative estimate of drug-likeness (QED) is 0.537. The van der Waals surface area contributed by atoms with Crippen molar-refractivity contribution in [3.63, 3.8) is 0 Å². The summed E-state index contributed by atoms with van der Waals surface area (Å²) in [5.74, 6) is 2.42. The summed E-state index contributed by atoms with van der Waals surface area (Å²) in [7, 11) is 0. The zero-order chi connectivity index (χ0) is 8.27. The van der Waals surface area contributed by atoms with Gasteiger partial charge in [0, 0.05) is 5.92 Å². The highest BCUT2D eigenvalue weighted by atomic mass is 19.1. The van der Waals surface area contributed by atoms with Crippen LogP contribution >= 0.6 is 0 Å². The number of benzene rings is 1. The molecule has 1 aromatic rings. The molecule has 0 aliphatic carbocycles. The Kier molecular flexibility index (Phi) is 2.28. The highest BCUT2D eigenvalue weighted by Gasteiger charge is 1.99. The van der Waals surface area contributed by atoms with Gasteiger partial charge in [-0.3, -0.25) is 0 Å². The van der Waals surface area contributed by atoms with Gasteiger partial charge in [0.25, 0.3) is 0 Å². The predicted octanol–water partition coefficient (Wildman–Crippen LogP) is 2.56. The van der Waals surface area contributed by atoms with E-state index in [2.05, 4.69) is 5.92 Å². The fraction of sp³-hybridized carbons (Fsp3) is 0.200. The van der Waals surface area contributed by atoms with Crippen LogP contribution in [0.15, 0.2) is 24.3 Å². The Morgan fingerprint density at radius 1 is 1.36 bits per heavy atom. The van der Waals surface area contributed by atoms with Crippen molar-refractivity contribution in [2.75, 3.05) is 0 Å². The van der Waals surface area contributed by atoms with Gasteiger partial charge in [-0.1, -0.05) is 18.1 Å². The summed E-state index contributed by atoms with van der Waals surface area (Å²) in [5.41, 5.74) is 0.980. The van der Waals surface area contributed by atoms with Crippen molar-refractivity contribution in [3.8, 4) is 12.3 Å². The normalized spacial score (nSPS) is 12.1. The lowest BCUT2D eigenvalue weighted by atomic mass is 10.0. The number of terminal acetylenes is 1. The van der Waals surface area contributed by atoms with Gasteiger partial charge in [-0.2, -0.15) is 0 Å². The molecule has 0 radical (unpaired) electrons. The summed E-state index contributed by atoms with van der Waals surface area (Å²) in [6.07, 6.45) is 5.20. The molecule has 1 aromatic carbocycles. The molecule has 0 fully saturated rings. The average Bonchev–Trinajstić information content (AvgIpc) is 2.05. The molecule has 0 amide bonds. The van der Waals surface area contributed by atoms with Gasteiger partial charge < -0.3 is 0 Å². The molecule has 0 saturated carbocycles. The second-order valence-corrected chi connectivity index (χ2v) is 2.44. The van der Waals surface area contributed by atoms with E-state index in [1.54, 1.807) is 12.1 Å². The molecule has 0 bridgehead atoms. The summed E-state index contributed by atoms with van der Waals surface area (Å²) >= 11 is 0. The Labute approximate surface area is 66.1 Å². The first kappa shape index (κ1) is 7.81. The Balaban J connectivity index is 2.92. The van der Waals surface area contributed by atoms with E-state index in [0.29, 0.717) is 0 Å². The molecule has 0 saturated heterocycles. The van der Waals surface area contributed by atoms with E-state index in [-0.39, 0.29) is 11.7 Å². The van der Waals surface area contributed by atoms with Gasteiger partial charge in [0.2, 0.25) is 0 Å². The highest BCUT2D eigenvalue weighted by molar-refractivity contribution is 5.25. The van der Waals surface area contributed by atoms with E-state index >= 15 is 0 Å². The largest absolute Gasteiger partial charge is 0.207 e. The van der Waals surface area contributed by atoms with Crippen LogP contribution in [0.25, 0.3) is 0 Å². The minimum atomic E-state index is -0.224. The van der Waals surface area contributed by atoms with Crippen molar-refractivity contribution in [1.29, 1.82) is 0 Å². The highest BCUT2D eigenvalue weighted by Crippen LogP contribution is 2.13. The van der Waals surface area contributed by atoms with E-state index in [9.17, 15) is 4.39 Å². The SMILES string of the molecule is C#C[C@H](C)c1ccc(F)cc1. The van der Waals surface area contributed by atoms with Gasteiger partial charge in [0.15, 0.2) is 0 Å². The van der Waals surface area contributed by atoms with Crippen LogP contribution in [0.5, 0.6) is 0 Å². The second kappa shape index (κ2) is 3.21. The van der Waals surface area contributed by atoms with E-state index in [4.69, 9.17) is 6.42 Å². The van der Waals surface area contributed by atoms with Crippen LogP contribution in [0, 0.1) is 18.2 Å². The zero-order valence-corrected chi connectivity index (χ0v) is 6.34. The van der Waals surface area contributed by atoms with Crippen molar-refractivity contribution in [1.82, 2.24) is 0 Å². The Morgan fingerprint density at radius 2 is 1.91 bits per heavy atom. The lowest BCUT2D eigenvalue weighted by molar-refractivity contribution is 0.627. The van der Waals surface area contributed by atoms with Crippen molar-refractivity contribution < 1.29 is 4.39 Å². The van der Waals surface area contributed by atoms with Gasteiger partial charge in [-0.05, 0) is 24.6 Å². The Hall–Kier alpha value is -1.29. The number of halogens is 1. The molecule has 56 valence electrons. The summed E-state index contributed by atoms with van der Waals surface area (Å²) in [5, 5.41) is 0. The molecule has 0 spiro atoms. The third-order valence-electron chi connectivity index (χ3n) is 1.62. The van der Waals surface area contributed by atoms with Crippen molar-refractivity contribution in [2.24, 2.45) is 0 Å². The zero-order valence-electron chi connectivity index (χ0n) is 6.34. The molecule has 1 atom stereocenters. The van der Waals surface area contributed by atoms with E-state index in [1.807, 2.05) is 6.92 Å². The molecular formula is C10H9F. The van der Waals surface area contributed by atoms with Crippen LogP contribution in [0.4, 0.5) is 4.39 Å². The fourth-order valence-electron chi connectivity index (χ4n) is 0.848. The van der Waals surface area contributed by atoms with Gasteiger partial charge in [0.05, 0.1) is 0 Å². The summed E-state index contributed by atoms with van der Waals surface area (Å²) in [6.45, 7) is 1.91.